The van der Waals surface area contributed by atoms with Crippen LogP contribution in [0.5, 0.6) is 5.75 Å². The smallest absolute Gasteiger partial charge is 0.241 e. The van der Waals surface area contributed by atoms with Gasteiger partial charge in [0.1, 0.15) is 11.8 Å². The average Bonchev–Trinajstić information content (AvgIpc) is 2.68. The molecule has 8 heteroatoms. The molecule has 28 heavy (non-hydrogen) atoms. The van der Waals surface area contributed by atoms with Crippen LogP contribution in [0.15, 0.2) is 53.4 Å². The number of rotatable bonds is 10. The fourth-order valence-electron chi connectivity index (χ4n) is 2.70. The van der Waals surface area contributed by atoms with Crippen molar-refractivity contribution in [3.63, 3.8) is 0 Å². The van der Waals surface area contributed by atoms with Gasteiger partial charge in [-0.2, -0.15) is 4.72 Å². The van der Waals surface area contributed by atoms with Crippen molar-refractivity contribution in [3.05, 3.63) is 59.7 Å². The topological polar surface area (TPSA) is 105 Å². The molecule has 0 aliphatic rings. The highest BCUT2D eigenvalue weighted by Gasteiger charge is 2.26. The van der Waals surface area contributed by atoms with Gasteiger partial charge >= 0.3 is 0 Å². The minimum absolute atomic E-state index is 0.0496. The third kappa shape index (κ3) is 6.05. The first-order valence-corrected chi connectivity index (χ1v) is 10.5. The number of carbonyl (C=O) groups excluding carboxylic acids is 1. The Morgan fingerprint density at radius 1 is 1.18 bits per heavy atom. The highest BCUT2D eigenvalue weighted by molar-refractivity contribution is 7.89. The van der Waals surface area contributed by atoms with Crippen molar-refractivity contribution in [2.75, 3.05) is 19.8 Å². The Bertz CT molecular complexity index is 885. The van der Waals surface area contributed by atoms with E-state index in [1.54, 1.807) is 13.0 Å². The van der Waals surface area contributed by atoms with Crippen LogP contribution in [0.2, 0.25) is 0 Å². The summed E-state index contributed by atoms with van der Waals surface area (Å²) >= 11 is 0. The molecule has 1 atom stereocenters. The molecule has 0 fully saturated rings. The SMILES string of the molecule is CCOc1ccc(S(=O)(=O)N[C@@H](Cc2ccccc2)C(=O)NCCO)cc1C. The van der Waals surface area contributed by atoms with Gasteiger partial charge in [0, 0.05) is 6.54 Å². The molecule has 2 rings (SSSR count). The molecule has 0 spiro atoms. The molecule has 3 N–H and O–H groups in total. The van der Waals surface area contributed by atoms with E-state index in [9.17, 15) is 13.2 Å². The molecule has 152 valence electrons. The van der Waals surface area contributed by atoms with E-state index in [0.717, 1.165) is 5.56 Å². The largest absolute Gasteiger partial charge is 0.494 e. The van der Waals surface area contributed by atoms with Crippen LogP contribution in [0, 0.1) is 6.92 Å². The molecule has 0 radical (unpaired) electrons. The van der Waals surface area contributed by atoms with Crippen molar-refractivity contribution in [3.8, 4) is 5.75 Å². The normalized spacial score (nSPS) is 12.4. The van der Waals surface area contributed by atoms with E-state index in [1.807, 2.05) is 37.3 Å². The Kier molecular flexibility index (Phi) is 7.98. The van der Waals surface area contributed by atoms with Crippen LogP contribution in [0.1, 0.15) is 18.1 Å². The Morgan fingerprint density at radius 3 is 2.50 bits per heavy atom. The molecule has 0 bridgehead atoms. The summed E-state index contributed by atoms with van der Waals surface area (Å²) in [7, 11) is -3.93. The Labute approximate surface area is 165 Å². The summed E-state index contributed by atoms with van der Waals surface area (Å²) in [4.78, 5) is 12.5. The summed E-state index contributed by atoms with van der Waals surface area (Å²) < 4.78 is 33.6. The summed E-state index contributed by atoms with van der Waals surface area (Å²) in [5.74, 6) is 0.118. The number of sulfonamides is 1. The van der Waals surface area contributed by atoms with Crippen molar-refractivity contribution in [2.45, 2.75) is 31.2 Å². The van der Waals surface area contributed by atoms with Gasteiger partial charge in [0.2, 0.25) is 15.9 Å². The number of aliphatic hydroxyl groups is 1. The zero-order valence-electron chi connectivity index (χ0n) is 16.0. The second-order valence-corrected chi connectivity index (χ2v) is 7.95. The van der Waals surface area contributed by atoms with Crippen molar-refractivity contribution >= 4 is 15.9 Å². The predicted octanol–water partition coefficient (Wildman–Crippen LogP) is 1.39. The molecule has 0 saturated heterocycles. The van der Waals surface area contributed by atoms with Crippen LogP contribution in [-0.4, -0.2) is 45.2 Å². The highest BCUT2D eigenvalue weighted by atomic mass is 32.2. The van der Waals surface area contributed by atoms with E-state index in [1.165, 1.54) is 12.1 Å². The van der Waals surface area contributed by atoms with Gasteiger partial charge in [-0.3, -0.25) is 4.79 Å². The molecule has 0 unspecified atom stereocenters. The van der Waals surface area contributed by atoms with Crippen LogP contribution >= 0.6 is 0 Å². The predicted molar refractivity (Wildman–Crippen MR) is 107 cm³/mol. The van der Waals surface area contributed by atoms with Gasteiger partial charge in [-0.15, -0.1) is 0 Å². The maximum absolute atomic E-state index is 12.9. The molecule has 0 aliphatic heterocycles. The second kappa shape index (κ2) is 10.2. The number of aryl methyl sites for hydroxylation is 1. The maximum atomic E-state index is 12.9. The van der Waals surface area contributed by atoms with Gasteiger partial charge in [0.25, 0.3) is 0 Å². The second-order valence-electron chi connectivity index (χ2n) is 6.24. The number of benzene rings is 2. The minimum atomic E-state index is -3.93. The number of amides is 1. The number of hydrogen-bond acceptors (Lipinski definition) is 5. The lowest BCUT2D eigenvalue weighted by Crippen LogP contribution is -2.48. The number of hydrogen-bond donors (Lipinski definition) is 3. The van der Waals surface area contributed by atoms with E-state index in [-0.39, 0.29) is 24.5 Å². The fraction of sp³-hybridized carbons (Fsp3) is 0.350. The lowest BCUT2D eigenvalue weighted by atomic mass is 10.1. The summed E-state index contributed by atoms with van der Waals surface area (Å²) in [5, 5.41) is 11.5. The van der Waals surface area contributed by atoms with Crippen molar-refractivity contribution in [1.82, 2.24) is 10.0 Å². The van der Waals surface area contributed by atoms with Crippen LogP contribution in [0.25, 0.3) is 0 Å². The molecule has 0 heterocycles. The van der Waals surface area contributed by atoms with E-state index in [2.05, 4.69) is 10.0 Å². The molecule has 1 amide bonds. The van der Waals surface area contributed by atoms with Gasteiger partial charge in [0.15, 0.2) is 0 Å². The van der Waals surface area contributed by atoms with Crippen molar-refractivity contribution in [1.29, 1.82) is 0 Å². The number of aliphatic hydroxyl groups excluding tert-OH is 1. The number of ether oxygens (including phenoxy) is 1. The zero-order chi connectivity index (χ0) is 20.6. The molecule has 0 aromatic heterocycles. The van der Waals surface area contributed by atoms with E-state index in [4.69, 9.17) is 9.84 Å². The lowest BCUT2D eigenvalue weighted by Gasteiger charge is -2.19. The molecule has 2 aromatic carbocycles. The third-order valence-corrected chi connectivity index (χ3v) is 5.53. The van der Waals surface area contributed by atoms with Gasteiger partial charge in [-0.05, 0) is 49.6 Å². The first-order valence-electron chi connectivity index (χ1n) is 9.05. The van der Waals surface area contributed by atoms with Crippen LogP contribution in [-0.2, 0) is 21.2 Å². The quantitative estimate of drug-likeness (QED) is 0.553. The summed E-state index contributed by atoms with van der Waals surface area (Å²) in [5.41, 5.74) is 1.51. The highest BCUT2D eigenvalue weighted by Crippen LogP contribution is 2.22. The van der Waals surface area contributed by atoms with Gasteiger partial charge in [0.05, 0.1) is 18.1 Å². The Balaban J connectivity index is 2.25. The molecule has 0 aliphatic carbocycles. The average molecular weight is 407 g/mol. The number of nitrogens with one attached hydrogen (secondary N) is 2. The van der Waals surface area contributed by atoms with E-state index < -0.39 is 22.0 Å². The first kappa shape index (κ1) is 21.9. The van der Waals surface area contributed by atoms with Crippen LogP contribution in [0.4, 0.5) is 0 Å². The summed E-state index contributed by atoms with van der Waals surface area (Å²) in [6, 6.07) is 12.7. The molecule has 7 nitrogen and oxygen atoms in total. The Morgan fingerprint density at radius 2 is 1.89 bits per heavy atom. The van der Waals surface area contributed by atoms with Crippen molar-refractivity contribution in [2.24, 2.45) is 0 Å². The third-order valence-electron chi connectivity index (χ3n) is 4.06. The summed E-state index contributed by atoms with van der Waals surface area (Å²) in [6.45, 7) is 3.92. The van der Waals surface area contributed by atoms with Crippen LogP contribution in [0.3, 0.4) is 0 Å². The molecular formula is C20H26N2O5S. The Hall–Kier alpha value is -2.42. The molecule has 2 aromatic rings. The zero-order valence-corrected chi connectivity index (χ0v) is 16.8. The van der Waals surface area contributed by atoms with Crippen LogP contribution < -0.4 is 14.8 Å². The first-order chi connectivity index (χ1) is 13.4. The molecule has 0 saturated carbocycles. The lowest BCUT2D eigenvalue weighted by molar-refractivity contribution is -0.122. The molecular weight excluding hydrogens is 380 g/mol. The van der Waals surface area contributed by atoms with Crippen molar-refractivity contribution < 1.29 is 23.1 Å². The van der Waals surface area contributed by atoms with E-state index >= 15 is 0 Å². The van der Waals surface area contributed by atoms with Gasteiger partial charge in [-0.1, -0.05) is 30.3 Å². The minimum Gasteiger partial charge on any atom is -0.494 e. The van der Waals surface area contributed by atoms with Gasteiger partial charge in [-0.25, -0.2) is 8.42 Å². The number of carbonyl (C=O) groups is 1. The monoisotopic (exact) mass is 406 g/mol. The summed E-state index contributed by atoms with van der Waals surface area (Å²) in [6.07, 6.45) is 0.188. The standard InChI is InChI=1S/C20H26N2O5S/c1-3-27-19-10-9-17(13-15(19)2)28(25,26)22-18(20(24)21-11-12-23)14-16-7-5-4-6-8-16/h4-10,13,18,22-23H,3,11-12,14H2,1-2H3,(H,21,24)/t18-/m0/s1. The van der Waals surface area contributed by atoms with E-state index in [0.29, 0.717) is 17.9 Å². The van der Waals surface area contributed by atoms with Gasteiger partial charge < -0.3 is 15.2 Å². The maximum Gasteiger partial charge on any atom is 0.241 e. The fourth-order valence-corrected chi connectivity index (χ4v) is 3.98.